The molecule has 2 amide bonds. The van der Waals surface area contributed by atoms with Crippen LogP contribution in [0.25, 0.3) is 0 Å². The Bertz CT molecular complexity index is 507. The Morgan fingerprint density at radius 3 is 2.48 bits per heavy atom. The minimum Gasteiger partial charge on any atom is -0.317 e. The van der Waals surface area contributed by atoms with Crippen LogP contribution in [0.4, 0.5) is 5.69 Å². The third-order valence-electron chi connectivity index (χ3n) is 4.06. The third-order valence-corrected chi connectivity index (χ3v) is 4.06. The number of piperidine rings is 2. The minimum atomic E-state index is -0.173. The molecule has 6 heteroatoms. The van der Waals surface area contributed by atoms with Gasteiger partial charge in [0.1, 0.15) is 0 Å². The molecule has 0 aromatic carbocycles. The molecule has 0 atom stereocenters. The van der Waals surface area contributed by atoms with Gasteiger partial charge in [0.2, 0.25) is 11.8 Å². The van der Waals surface area contributed by atoms with E-state index in [9.17, 15) is 9.59 Å². The maximum absolute atomic E-state index is 11.7. The molecule has 0 spiro atoms. The molecule has 6 nitrogen and oxygen atoms in total. The monoisotopic (exact) mass is 288 g/mol. The van der Waals surface area contributed by atoms with Crippen molar-refractivity contribution in [2.24, 2.45) is 0 Å². The fourth-order valence-corrected chi connectivity index (χ4v) is 2.84. The summed E-state index contributed by atoms with van der Waals surface area (Å²) < 4.78 is 0. The summed E-state index contributed by atoms with van der Waals surface area (Å²) in [6.45, 7) is 2.06. The van der Waals surface area contributed by atoms with Crippen LogP contribution in [0.15, 0.2) is 18.3 Å². The topological polar surface area (TPSA) is 74.3 Å². The molecule has 0 unspecified atom stereocenters. The largest absolute Gasteiger partial charge is 0.317 e. The van der Waals surface area contributed by atoms with Crippen LogP contribution in [0, 0.1) is 0 Å². The number of imide groups is 1. The maximum Gasteiger partial charge on any atom is 0.248 e. The van der Waals surface area contributed by atoms with Crippen molar-refractivity contribution in [3.8, 4) is 0 Å². The van der Waals surface area contributed by atoms with Gasteiger partial charge in [-0.2, -0.15) is 5.01 Å². The molecule has 21 heavy (non-hydrogen) atoms. The van der Waals surface area contributed by atoms with E-state index in [1.165, 1.54) is 0 Å². The quantitative estimate of drug-likeness (QED) is 0.823. The van der Waals surface area contributed by atoms with E-state index in [2.05, 4.69) is 15.7 Å². The summed E-state index contributed by atoms with van der Waals surface area (Å²) in [5.41, 5.74) is 4.63. The van der Waals surface area contributed by atoms with Crippen molar-refractivity contribution in [1.82, 2.24) is 15.3 Å². The van der Waals surface area contributed by atoms with Gasteiger partial charge in [0.25, 0.3) is 0 Å². The van der Waals surface area contributed by atoms with Crippen molar-refractivity contribution in [3.05, 3.63) is 24.0 Å². The number of hydrogen-bond donors (Lipinski definition) is 2. The SMILES string of the molecule is O=C1CCCC(=O)N1Nc1ccc(C2CCNCC2)nc1. The molecule has 0 radical (unpaired) electrons. The van der Waals surface area contributed by atoms with Gasteiger partial charge in [-0.05, 0) is 44.5 Å². The van der Waals surface area contributed by atoms with Crippen LogP contribution in [0.1, 0.15) is 43.7 Å². The van der Waals surface area contributed by atoms with Crippen molar-refractivity contribution in [2.75, 3.05) is 18.5 Å². The molecule has 2 aliphatic heterocycles. The van der Waals surface area contributed by atoms with Crippen molar-refractivity contribution in [3.63, 3.8) is 0 Å². The number of carbonyl (C=O) groups excluding carboxylic acids is 2. The molecule has 0 aliphatic carbocycles. The van der Waals surface area contributed by atoms with Crippen LogP contribution in [-0.4, -0.2) is 34.9 Å². The van der Waals surface area contributed by atoms with E-state index in [1.807, 2.05) is 12.1 Å². The average Bonchev–Trinajstić information content (AvgIpc) is 2.53. The molecule has 0 saturated carbocycles. The van der Waals surface area contributed by atoms with Gasteiger partial charge >= 0.3 is 0 Å². The predicted molar refractivity (Wildman–Crippen MR) is 78.4 cm³/mol. The number of carbonyl (C=O) groups is 2. The molecule has 3 heterocycles. The summed E-state index contributed by atoms with van der Waals surface area (Å²) in [5, 5.41) is 4.45. The highest BCUT2D eigenvalue weighted by molar-refractivity contribution is 5.98. The fourth-order valence-electron chi connectivity index (χ4n) is 2.84. The standard InChI is InChI=1S/C15H20N4O2/c20-14-2-1-3-15(21)19(14)18-12-4-5-13(17-10-12)11-6-8-16-9-7-11/h4-5,10-11,16,18H,1-3,6-9H2. The van der Waals surface area contributed by atoms with Gasteiger partial charge in [-0.15, -0.1) is 0 Å². The Morgan fingerprint density at radius 1 is 1.14 bits per heavy atom. The molecule has 2 N–H and O–H groups in total. The number of nitrogens with one attached hydrogen (secondary N) is 2. The van der Waals surface area contributed by atoms with Gasteiger partial charge < -0.3 is 5.32 Å². The molecular weight excluding hydrogens is 268 g/mol. The van der Waals surface area contributed by atoms with E-state index in [0.717, 1.165) is 36.6 Å². The van der Waals surface area contributed by atoms with E-state index >= 15 is 0 Å². The van der Waals surface area contributed by atoms with Crippen LogP contribution in [0.5, 0.6) is 0 Å². The second kappa shape index (κ2) is 6.22. The van der Waals surface area contributed by atoms with Crippen molar-refractivity contribution < 1.29 is 9.59 Å². The summed E-state index contributed by atoms with van der Waals surface area (Å²) in [7, 11) is 0. The zero-order valence-corrected chi connectivity index (χ0v) is 12.0. The number of rotatable bonds is 3. The number of amides is 2. The Labute approximate surface area is 123 Å². The molecule has 2 fully saturated rings. The highest BCUT2D eigenvalue weighted by Gasteiger charge is 2.26. The van der Waals surface area contributed by atoms with Gasteiger partial charge in [0.15, 0.2) is 0 Å². The third kappa shape index (κ3) is 3.21. The molecule has 3 rings (SSSR count). The summed E-state index contributed by atoms with van der Waals surface area (Å²) in [5.74, 6) is 0.154. The predicted octanol–water partition coefficient (Wildman–Crippen LogP) is 1.41. The second-order valence-corrected chi connectivity index (χ2v) is 5.58. The van der Waals surface area contributed by atoms with Crippen LogP contribution in [-0.2, 0) is 9.59 Å². The molecule has 2 saturated heterocycles. The zero-order valence-electron chi connectivity index (χ0n) is 12.0. The lowest BCUT2D eigenvalue weighted by atomic mass is 9.94. The average molecular weight is 288 g/mol. The highest BCUT2D eigenvalue weighted by atomic mass is 16.2. The first kappa shape index (κ1) is 14.0. The van der Waals surface area contributed by atoms with Gasteiger partial charge in [-0.1, -0.05) is 0 Å². The van der Waals surface area contributed by atoms with Gasteiger partial charge in [-0.25, -0.2) is 0 Å². The second-order valence-electron chi connectivity index (χ2n) is 5.58. The van der Waals surface area contributed by atoms with Crippen molar-refractivity contribution in [2.45, 2.75) is 38.0 Å². The number of hydrogen-bond acceptors (Lipinski definition) is 5. The van der Waals surface area contributed by atoms with Crippen LogP contribution in [0.2, 0.25) is 0 Å². The Balaban J connectivity index is 1.66. The van der Waals surface area contributed by atoms with Crippen LogP contribution >= 0.6 is 0 Å². The number of anilines is 1. The lowest BCUT2D eigenvalue weighted by Gasteiger charge is -2.26. The summed E-state index contributed by atoms with van der Waals surface area (Å²) >= 11 is 0. The Hall–Kier alpha value is -1.95. The number of pyridine rings is 1. The summed E-state index contributed by atoms with van der Waals surface area (Å²) in [6.07, 6.45) is 5.37. The van der Waals surface area contributed by atoms with Gasteiger partial charge in [0.05, 0.1) is 11.9 Å². The Morgan fingerprint density at radius 2 is 1.86 bits per heavy atom. The first-order valence-electron chi connectivity index (χ1n) is 7.53. The maximum atomic E-state index is 11.7. The number of aromatic nitrogens is 1. The van der Waals surface area contributed by atoms with E-state index in [0.29, 0.717) is 30.9 Å². The van der Waals surface area contributed by atoms with E-state index in [-0.39, 0.29) is 11.8 Å². The van der Waals surface area contributed by atoms with Crippen molar-refractivity contribution in [1.29, 1.82) is 0 Å². The number of nitrogens with zero attached hydrogens (tertiary/aromatic N) is 2. The lowest BCUT2D eigenvalue weighted by molar-refractivity contribution is -0.146. The van der Waals surface area contributed by atoms with Crippen LogP contribution in [0.3, 0.4) is 0 Å². The molecule has 0 bridgehead atoms. The minimum absolute atomic E-state index is 0.173. The lowest BCUT2D eigenvalue weighted by Crippen LogP contribution is -2.44. The first-order valence-corrected chi connectivity index (χ1v) is 7.53. The summed E-state index contributed by atoms with van der Waals surface area (Å²) in [6, 6.07) is 3.87. The molecule has 1 aromatic heterocycles. The normalized spacial score (nSPS) is 20.7. The Kier molecular flexibility index (Phi) is 4.15. The first-order chi connectivity index (χ1) is 10.2. The molecule has 1 aromatic rings. The van der Waals surface area contributed by atoms with E-state index in [1.54, 1.807) is 6.20 Å². The smallest absolute Gasteiger partial charge is 0.248 e. The number of hydrazine groups is 1. The van der Waals surface area contributed by atoms with Crippen LogP contribution < -0.4 is 10.7 Å². The van der Waals surface area contributed by atoms with Crippen molar-refractivity contribution >= 4 is 17.5 Å². The van der Waals surface area contributed by atoms with E-state index in [4.69, 9.17) is 0 Å². The van der Waals surface area contributed by atoms with Gasteiger partial charge in [-0.3, -0.25) is 20.0 Å². The fraction of sp³-hybridized carbons (Fsp3) is 0.533. The van der Waals surface area contributed by atoms with E-state index < -0.39 is 0 Å². The molecule has 112 valence electrons. The molecular formula is C15H20N4O2. The summed E-state index contributed by atoms with van der Waals surface area (Å²) in [4.78, 5) is 28.0. The zero-order chi connectivity index (χ0) is 14.7. The molecule has 2 aliphatic rings. The van der Waals surface area contributed by atoms with Gasteiger partial charge in [0, 0.05) is 24.5 Å². The highest BCUT2D eigenvalue weighted by Crippen LogP contribution is 2.24.